The molecule has 2 aromatic carbocycles. The molecular formula is C16H13N3O2. The number of hydrogen-bond donors (Lipinski definition) is 3. The van der Waals surface area contributed by atoms with Crippen LogP contribution in [-0.2, 0) is 0 Å². The number of benzene rings is 2. The monoisotopic (exact) mass is 279 g/mol. The van der Waals surface area contributed by atoms with Gasteiger partial charge in [-0.15, -0.1) is 0 Å². The van der Waals surface area contributed by atoms with Crippen LogP contribution >= 0.6 is 0 Å². The molecule has 1 amide bonds. The number of pyridine rings is 1. The standard InChI is InChI=1S/C16H13N3O2/c17-13-9-15(19-14-4-2-1-3-12(13)14)16(21)18-10-5-7-11(20)8-6-10/h1-9,20H,(H2,17,19)(H,18,21). The normalized spacial score (nSPS) is 10.5. The first kappa shape index (κ1) is 12.9. The summed E-state index contributed by atoms with van der Waals surface area (Å²) in [7, 11) is 0. The van der Waals surface area contributed by atoms with Crippen LogP contribution in [0.15, 0.2) is 54.6 Å². The van der Waals surface area contributed by atoms with E-state index in [9.17, 15) is 9.90 Å². The van der Waals surface area contributed by atoms with Crippen molar-refractivity contribution in [3.8, 4) is 5.75 Å². The number of carbonyl (C=O) groups is 1. The third-order valence-corrected chi connectivity index (χ3v) is 3.11. The van der Waals surface area contributed by atoms with Crippen molar-refractivity contribution in [3.05, 3.63) is 60.3 Å². The van der Waals surface area contributed by atoms with E-state index in [1.165, 1.54) is 12.1 Å². The predicted octanol–water partition coefficient (Wildman–Crippen LogP) is 2.77. The van der Waals surface area contributed by atoms with Crippen molar-refractivity contribution in [2.45, 2.75) is 0 Å². The number of rotatable bonds is 2. The van der Waals surface area contributed by atoms with Crippen LogP contribution < -0.4 is 11.1 Å². The number of phenolic OH excluding ortho intramolecular Hbond substituents is 1. The average molecular weight is 279 g/mol. The fraction of sp³-hybridized carbons (Fsp3) is 0. The molecule has 0 bridgehead atoms. The topological polar surface area (TPSA) is 88.2 Å². The molecule has 4 N–H and O–H groups in total. The number of hydrogen-bond acceptors (Lipinski definition) is 4. The highest BCUT2D eigenvalue weighted by molar-refractivity contribution is 6.05. The minimum Gasteiger partial charge on any atom is -0.508 e. The molecule has 3 rings (SSSR count). The summed E-state index contributed by atoms with van der Waals surface area (Å²) in [6.45, 7) is 0. The van der Waals surface area contributed by atoms with Gasteiger partial charge in [0.25, 0.3) is 5.91 Å². The lowest BCUT2D eigenvalue weighted by Crippen LogP contribution is -2.14. The average Bonchev–Trinajstić information content (AvgIpc) is 2.49. The van der Waals surface area contributed by atoms with Crippen molar-refractivity contribution in [1.82, 2.24) is 4.98 Å². The summed E-state index contributed by atoms with van der Waals surface area (Å²) < 4.78 is 0. The van der Waals surface area contributed by atoms with Crippen LogP contribution in [0.4, 0.5) is 11.4 Å². The van der Waals surface area contributed by atoms with E-state index >= 15 is 0 Å². The van der Waals surface area contributed by atoms with Crippen molar-refractivity contribution in [2.75, 3.05) is 11.1 Å². The van der Waals surface area contributed by atoms with Crippen LogP contribution in [0.5, 0.6) is 5.75 Å². The highest BCUT2D eigenvalue weighted by Gasteiger charge is 2.11. The summed E-state index contributed by atoms with van der Waals surface area (Å²) >= 11 is 0. The van der Waals surface area contributed by atoms with E-state index in [2.05, 4.69) is 10.3 Å². The molecule has 3 aromatic rings. The summed E-state index contributed by atoms with van der Waals surface area (Å²) in [6, 6.07) is 15.2. The van der Waals surface area contributed by atoms with Gasteiger partial charge in [-0.1, -0.05) is 18.2 Å². The number of nitrogens with one attached hydrogen (secondary N) is 1. The molecule has 0 aliphatic heterocycles. The van der Waals surface area contributed by atoms with Crippen LogP contribution in [0, 0.1) is 0 Å². The maximum atomic E-state index is 12.2. The number of aromatic nitrogens is 1. The first-order valence-electron chi connectivity index (χ1n) is 6.39. The number of aromatic hydroxyl groups is 1. The summed E-state index contributed by atoms with van der Waals surface area (Å²) in [5.74, 6) is -0.209. The summed E-state index contributed by atoms with van der Waals surface area (Å²) in [4.78, 5) is 16.5. The lowest BCUT2D eigenvalue weighted by Gasteiger charge is -2.07. The highest BCUT2D eigenvalue weighted by Crippen LogP contribution is 2.21. The molecule has 0 fully saturated rings. The van der Waals surface area contributed by atoms with E-state index in [0.29, 0.717) is 16.9 Å². The second-order valence-electron chi connectivity index (χ2n) is 4.61. The zero-order valence-corrected chi connectivity index (χ0v) is 11.1. The fourth-order valence-corrected chi connectivity index (χ4v) is 2.06. The third-order valence-electron chi connectivity index (χ3n) is 3.11. The number of anilines is 2. The number of nitrogens with zero attached hydrogens (tertiary/aromatic N) is 1. The maximum absolute atomic E-state index is 12.2. The summed E-state index contributed by atoms with van der Waals surface area (Å²) in [6.07, 6.45) is 0. The molecule has 5 nitrogen and oxygen atoms in total. The minimum absolute atomic E-state index is 0.140. The maximum Gasteiger partial charge on any atom is 0.274 e. The van der Waals surface area contributed by atoms with Gasteiger partial charge < -0.3 is 16.2 Å². The number of fused-ring (bicyclic) bond motifs is 1. The van der Waals surface area contributed by atoms with Gasteiger partial charge in [0, 0.05) is 16.8 Å². The fourth-order valence-electron chi connectivity index (χ4n) is 2.06. The van der Waals surface area contributed by atoms with Gasteiger partial charge in [-0.05, 0) is 36.4 Å². The Hall–Kier alpha value is -3.08. The number of phenols is 1. The van der Waals surface area contributed by atoms with Crippen molar-refractivity contribution in [2.24, 2.45) is 0 Å². The third kappa shape index (κ3) is 2.62. The lowest BCUT2D eigenvalue weighted by molar-refractivity contribution is 0.102. The Bertz CT molecular complexity index is 813. The van der Waals surface area contributed by atoms with E-state index in [1.807, 2.05) is 24.3 Å². The van der Waals surface area contributed by atoms with Gasteiger partial charge >= 0.3 is 0 Å². The van der Waals surface area contributed by atoms with Gasteiger partial charge in [0.1, 0.15) is 11.4 Å². The van der Waals surface area contributed by atoms with Gasteiger partial charge in [0.15, 0.2) is 0 Å². The van der Waals surface area contributed by atoms with E-state index in [1.54, 1.807) is 18.2 Å². The van der Waals surface area contributed by atoms with Crippen molar-refractivity contribution in [3.63, 3.8) is 0 Å². The predicted molar refractivity (Wildman–Crippen MR) is 82.2 cm³/mol. The molecule has 5 heteroatoms. The van der Waals surface area contributed by atoms with E-state index in [0.717, 1.165) is 5.39 Å². The Labute approximate surface area is 121 Å². The molecule has 21 heavy (non-hydrogen) atoms. The smallest absolute Gasteiger partial charge is 0.274 e. The van der Waals surface area contributed by atoms with Crippen LogP contribution in [0.3, 0.4) is 0 Å². The molecule has 0 saturated carbocycles. The number of para-hydroxylation sites is 1. The van der Waals surface area contributed by atoms with Crippen molar-refractivity contribution >= 4 is 28.2 Å². The molecule has 1 aromatic heterocycles. The first-order valence-corrected chi connectivity index (χ1v) is 6.39. The minimum atomic E-state index is -0.349. The quantitative estimate of drug-likeness (QED) is 0.629. The second-order valence-corrected chi connectivity index (χ2v) is 4.61. The molecule has 0 saturated heterocycles. The van der Waals surface area contributed by atoms with Crippen LogP contribution in [0.2, 0.25) is 0 Å². The van der Waals surface area contributed by atoms with E-state index in [4.69, 9.17) is 5.73 Å². The SMILES string of the molecule is Nc1cc(C(=O)Nc2ccc(O)cc2)nc2ccccc12. The Kier molecular flexibility index (Phi) is 3.16. The van der Waals surface area contributed by atoms with Gasteiger partial charge in [0.2, 0.25) is 0 Å². The number of carbonyl (C=O) groups excluding carboxylic acids is 1. The Balaban J connectivity index is 1.92. The molecule has 0 spiro atoms. The van der Waals surface area contributed by atoms with E-state index in [-0.39, 0.29) is 17.4 Å². The molecule has 0 atom stereocenters. The lowest BCUT2D eigenvalue weighted by atomic mass is 10.1. The van der Waals surface area contributed by atoms with Crippen molar-refractivity contribution in [1.29, 1.82) is 0 Å². The molecule has 0 aliphatic rings. The number of nitrogens with two attached hydrogens (primary N) is 1. The van der Waals surface area contributed by atoms with Crippen molar-refractivity contribution < 1.29 is 9.90 Å². The Morgan fingerprint density at radius 3 is 2.57 bits per heavy atom. The Morgan fingerprint density at radius 2 is 1.81 bits per heavy atom. The highest BCUT2D eigenvalue weighted by atomic mass is 16.3. The first-order chi connectivity index (χ1) is 10.1. The van der Waals surface area contributed by atoms with Gasteiger partial charge in [-0.25, -0.2) is 4.98 Å². The number of nitrogen functional groups attached to an aromatic ring is 1. The number of amides is 1. The Morgan fingerprint density at radius 1 is 1.10 bits per heavy atom. The van der Waals surface area contributed by atoms with E-state index < -0.39 is 0 Å². The summed E-state index contributed by atoms with van der Waals surface area (Å²) in [5, 5.41) is 12.7. The molecule has 1 heterocycles. The largest absolute Gasteiger partial charge is 0.508 e. The molecule has 0 aliphatic carbocycles. The van der Waals surface area contributed by atoms with Gasteiger partial charge in [-0.2, -0.15) is 0 Å². The van der Waals surface area contributed by atoms with Crippen LogP contribution in [-0.4, -0.2) is 16.0 Å². The second kappa shape index (κ2) is 5.13. The zero-order valence-electron chi connectivity index (χ0n) is 11.1. The van der Waals surface area contributed by atoms with Gasteiger partial charge in [-0.3, -0.25) is 4.79 Å². The zero-order chi connectivity index (χ0) is 14.8. The van der Waals surface area contributed by atoms with Gasteiger partial charge in [0.05, 0.1) is 5.52 Å². The molecular weight excluding hydrogens is 266 g/mol. The molecule has 104 valence electrons. The van der Waals surface area contributed by atoms with Crippen LogP contribution in [0.1, 0.15) is 10.5 Å². The summed E-state index contributed by atoms with van der Waals surface area (Å²) in [5.41, 5.74) is 7.96. The van der Waals surface area contributed by atoms with Crippen LogP contribution in [0.25, 0.3) is 10.9 Å². The molecule has 0 unspecified atom stereocenters. The molecule has 0 radical (unpaired) electrons.